The summed E-state index contributed by atoms with van der Waals surface area (Å²) in [6, 6.07) is 7.11. The number of nitrogens with one attached hydrogen (secondary N) is 2. The Morgan fingerprint density at radius 1 is 1.21 bits per heavy atom. The number of Topliss-reactive ketones (excluding diaryl/α,β-unsaturated/α-hetero) is 1. The first-order valence-electron chi connectivity index (χ1n) is 7.81. The van der Waals surface area contributed by atoms with Crippen LogP contribution >= 0.6 is 11.6 Å². The van der Waals surface area contributed by atoms with Crippen LogP contribution < -0.4 is 10.6 Å². The van der Waals surface area contributed by atoms with Crippen molar-refractivity contribution in [1.82, 2.24) is 10.3 Å². The van der Waals surface area contributed by atoms with Crippen molar-refractivity contribution in [1.29, 1.82) is 0 Å². The van der Waals surface area contributed by atoms with Gasteiger partial charge in [-0.2, -0.15) is 0 Å². The molecule has 1 aromatic heterocycles. The molecule has 2 aliphatic rings. The molecule has 2 aromatic rings. The number of hydrogen-bond donors (Lipinski definition) is 2. The molecular formula is C17H17ClN4O2. The van der Waals surface area contributed by atoms with Crippen LogP contribution in [0, 0.1) is 5.41 Å². The Kier molecular flexibility index (Phi) is 3.38. The van der Waals surface area contributed by atoms with E-state index in [1.165, 1.54) is 0 Å². The number of allylic oxidation sites excluding steroid dienone is 1. The first-order valence-corrected chi connectivity index (χ1v) is 8.19. The van der Waals surface area contributed by atoms with Crippen LogP contribution in [0.25, 0.3) is 0 Å². The second kappa shape index (κ2) is 5.34. The number of benzene rings is 1. The number of halogens is 1. The van der Waals surface area contributed by atoms with Gasteiger partial charge in [-0.25, -0.2) is 4.63 Å². The highest BCUT2D eigenvalue weighted by Crippen LogP contribution is 2.45. The maximum atomic E-state index is 12.9. The zero-order valence-electron chi connectivity index (χ0n) is 13.4. The number of rotatable bonds is 1. The second-order valence-electron chi connectivity index (χ2n) is 7.02. The number of hydrogen-bond acceptors (Lipinski definition) is 6. The molecule has 0 bridgehead atoms. The lowest BCUT2D eigenvalue weighted by molar-refractivity contribution is -0.118. The molecule has 1 aliphatic carbocycles. The number of ketones is 1. The lowest BCUT2D eigenvalue weighted by atomic mass is 9.73. The van der Waals surface area contributed by atoms with Crippen LogP contribution in [-0.4, -0.2) is 16.1 Å². The molecule has 0 spiro atoms. The van der Waals surface area contributed by atoms with Gasteiger partial charge in [-0.15, -0.1) is 0 Å². The van der Waals surface area contributed by atoms with Gasteiger partial charge >= 0.3 is 0 Å². The molecule has 0 amide bonds. The Labute approximate surface area is 144 Å². The number of anilines is 2. The normalized spacial score (nSPS) is 22.1. The fourth-order valence-corrected chi connectivity index (χ4v) is 3.69. The number of fused-ring (bicyclic) bond motifs is 1. The van der Waals surface area contributed by atoms with Gasteiger partial charge in [-0.1, -0.05) is 43.6 Å². The first kappa shape index (κ1) is 15.2. The predicted molar refractivity (Wildman–Crippen MR) is 90.8 cm³/mol. The van der Waals surface area contributed by atoms with Gasteiger partial charge in [0.25, 0.3) is 0 Å². The van der Waals surface area contributed by atoms with Gasteiger partial charge in [0.2, 0.25) is 11.6 Å². The fraction of sp³-hybridized carbons (Fsp3) is 0.353. The molecule has 0 radical (unpaired) electrons. The molecule has 124 valence electrons. The van der Waals surface area contributed by atoms with Crippen LogP contribution in [0.2, 0.25) is 5.02 Å². The highest BCUT2D eigenvalue weighted by atomic mass is 35.5. The summed E-state index contributed by atoms with van der Waals surface area (Å²) in [6.07, 6.45) is 1.23. The minimum Gasteiger partial charge on any atom is -0.353 e. The third kappa shape index (κ3) is 2.47. The molecule has 2 N–H and O–H groups in total. The standard InChI is InChI=1S/C17H17ClN4O2/c1-17(2)7-11-13(12(23)8-17)14(9-5-3-4-6-10(9)18)20-16-15(19-11)21-24-22-16/h3-6,14H,7-8H2,1-2H3,(H,19,21)(H,20,22). The molecule has 24 heavy (non-hydrogen) atoms. The van der Waals surface area contributed by atoms with Crippen LogP contribution in [-0.2, 0) is 4.79 Å². The van der Waals surface area contributed by atoms with Crippen molar-refractivity contribution in [2.24, 2.45) is 5.41 Å². The molecule has 1 atom stereocenters. The van der Waals surface area contributed by atoms with E-state index in [1.54, 1.807) is 0 Å². The van der Waals surface area contributed by atoms with Gasteiger partial charge in [0.1, 0.15) is 0 Å². The van der Waals surface area contributed by atoms with Crippen molar-refractivity contribution < 1.29 is 9.42 Å². The highest BCUT2D eigenvalue weighted by molar-refractivity contribution is 6.31. The van der Waals surface area contributed by atoms with Gasteiger partial charge in [0, 0.05) is 22.7 Å². The highest BCUT2D eigenvalue weighted by Gasteiger charge is 2.40. The van der Waals surface area contributed by atoms with Crippen LogP contribution in [0.15, 0.2) is 40.2 Å². The quantitative estimate of drug-likeness (QED) is 0.815. The number of carbonyl (C=O) groups is 1. The Bertz CT molecular complexity index is 856. The number of carbonyl (C=O) groups excluding carboxylic acids is 1. The van der Waals surface area contributed by atoms with Gasteiger partial charge in [-0.3, -0.25) is 4.79 Å². The van der Waals surface area contributed by atoms with Crippen LogP contribution in [0.5, 0.6) is 0 Å². The number of nitrogens with zero attached hydrogens (tertiary/aromatic N) is 2. The van der Waals surface area contributed by atoms with E-state index in [0.29, 0.717) is 28.7 Å². The SMILES string of the molecule is CC1(C)CC(=O)C2=C(C1)Nc1nonc1NC2c1ccccc1Cl. The van der Waals surface area contributed by atoms with E-state index in [4.69, 9.17) is 16.2 Å². The monoisotopic (exact) mass is 344 g/mol. The zero-order chi connectivity index (χ0) is 16.9. The van der Waals surface area contributed by atoms with Crippen molar-refractivity contribution in [3.8, 4) is 0 Å². The minimum absolute atomic E-state index is 0.105. The Balaban J connectivity index is 1.90. The van der Waals surface area contributed by atoms with E-state index in [-0.39, 0.29) is 11.2 Å². The first-order chi connectivity index (χ1) is 11.4. The summed E-state index contributed by atoms with van der Waals surface area (Å²) < 4.78 is 4.83. The molecule has 6 nitrogen and oxygen atoms in total. The maximum Gasteiger partial charge on any atom is 0.219 e. The van der Waals surface area contributed by atoms with E-state index in [2.05, 4.69) is 34.8 Å². The van der Waals surface area contributed by atoms with Gasteiger partial charge in [0.05, 0.1) is 6.04 Å². The van der Waals surface area contributed by atoms with Crippen molar-refractivity contribution in [2.45, 2.75) is 32.7 Å². The molecule has 2 heterocycles. The minimum atomic E-state index is -0.391. The summed E-state index contributed by atoms with van der Waals surface area (Å²) in [5.74, 6) is 1.07. The zero-order valence-corrected chi connectivity index (χ0v) is 14.1. The third-order valence-corrected chi connectivity index (χ3v) is 4.81. The van der Waals surface area contributed by atoms with Crippen LogP contribution in [0.4, 0.5) is 11.6 Å². The lowest BCUT2D eigenvalue weighted by Crippen LogP contribution is -2.31. The second-order valence-corrected chi connectivity index (χ2v) is 7.43. The summed E-state index contributed by atoms with van der Waals surface area (Å²) in [4.78, 5) is 12.9. The largest absolute Gasteiger partial charge is 0.353 e. The molecule has 1 unspecified atom stereocenters. The molecule has 0 saturated carbocycles. The van der Waals surface area contributed by atoms with Crippen molar-refractivity contribution >= 4 is 29.0 Å². The smallest absolute Gasteiger partial charge is 0.219 e. The molecule has 1 aliphatic heterocycles. The van der Waals surface area contributed by atoms with Crippen molar-refractivity contribution in [2.75, 3.05) is 10.6 Å². The average molecular weight is 345 g/mol. The Hall–Kier alpha value is -2.34. The van der Waals surface area contributed by atoms with Gasteiger partial charge in [0.15, 0.2) is 5.78 Å². The van der Waals surface area contributed by atoms with E-state index >= 15 is 0 Å². The van der Waals surface area contributed by atoms with Crippen LogP contribution in [0.3, 0.4) is 0 Å². The Morgan fingerprint density at radius 2 is 1.96 bits per heavy atom. The van der Waals surface area contributed by atoms with Gasteiger partial charge < -0.3 is 10.6 Å². The van der Waals surface area contributed by atoms with E-state index in [1.807, 2.05) is 24.3 Å². The lowest BCUT2D eigenvalue weighted by Gasteiger charge is -2.34. The molecule has 7 heteroatoms. The maximum absolute atomic E-state index is 12.9. The average Bonchev–Trinajstić information content (AvgIpc) is 2.86. The summed E-state index contributed by atoms with van der Waals surface area (Å²) >= 11 is 6.39. The van der Waals surface area contributed by atoms with E-state index in [0.717, 1.165) is 17.7 Å². The van der Waals surface area contributed by atoms with E-state index < -0.39 is 6.04 Å². The van der Waals surface area contributed by atoms with Gasteiger partial charge in [-0.05, 0) is 33.8 Å². The molecule has 0 saturated heterocycles. The summed E-state index contributed by atoms with van der Waals surface area (Å²) in [7, 11) is 0. The molecule has 1 aromatic carbocycles. The molecular weight excluding hydrogens is 328 g/mol. The molecule has 0 fully saturated rings. The summed E-state index contributed by atoms with van der Waals surface area (Å²) in [6.45, 7) is 4.17. The predicted octanol–water partition coefficient (Wildman–Crippen LogP) is 3.94. The third-order valence-electron chi connectivity index (χ3n) is 4.46. The molecule has 4 rings (SSSR count). The fourth-order valence-electron chi connectivity index (χ4n) is 3.44. The van der Waals surface area contributed by atoms with Crippen molar-refractivity contribution in [3.05, 3.63) is 46.1 Å². The van der Waals surface area contributed by atoms with E-state index in [9.17, 15) is 4.79 Å². The topological polar surface area (TPSA) is 80.1 Å². The number of aromatic nitrogens is 2. The summed E-state index contributed by atoms with van der Waals surface area (Å²) in [5.41, 5.74) is 2.26. The van der Waals surface area contributed by atoms with Crippen molar-refractivity contribution in [3.63, 3.8) is 0 Å². The van der Waals surface area contributed by atoms with Crippen LogP contribution in [0.1, 0.15) is 38.3 Å². The summed E-state index contributed by atoms with van der Waals surface area (Å²) in [5, 5.41) is 14.9. The Morgan fingerprint density at radius 3 is 2.75 bits per heavy atom.